The van der Waals surface area contributed by atoms with Gasteiger partial charge in [-0.2, -0.15) is 0 Å². The summed E-state index contributed by atoms with van der Waals surface area (Å²) in [5.74, 6) is -0.172. The Bertz CT molecular complexity index is 346. The quantitative estimate of drug-likeness (QED) is 0.617. The van der Waals surface area contributed by atoms with Gasteiger partial charge in [-0.15, -0.1) is 11.8 Å². The highest BCUT2D eigenvalue weighted by Crippen LogP contribution is 2.34. The standard InChI is InChI=1S/C13H18FNS/c14-12-9-10(15)7-8-13(12)16-11-5-3-1-2-4-6-11/h7-9,11H,1-6,15H2. The topological polar surface area (TPSA) is 26.0 Å². The maximum Gasteiger partial charge on any atom is 0.138 e. The summed E-state index contributed by atoms with van der Waals surface area (Å²) in [6.07, 6.45) is 7.67. The van der Waals surface area contributed by atoms with Crippen molar-refractivity contribution in [2.45, 2.75) is 48.7 Å². The van der Waals surface area contributed by atoms with E-state index >= 15 is 0 Å². The normalized spacial score (nSPS) is 18.3. The number of nitrogens with two attached hydrogens (primary N) is 1. The Morgan fingerprint density at radius 3 is 2.44 bits per heavy atom. The minimum absolute atomic E-state index is 0.172. The molecule has 88 valence electrons. The van der Waals surface area contributed by atoms with E-state index in [2.05, 4.69) is 0 Å². The molecule has 1 nitrogen and oxygen atoms in total. The summed E-state index contributed by atoms with van der Waals surface area (Å²) in [6, 6.07) is 5.00. The van der Waals surface area contributed by atoms with Gasteiger partial charge in [-0.05, 0) is 31.0 Å². The molecule has 0 aromatic heterocycles. The van der Waals surface area contributed by atoms with Gasteiger partial charge in [0, 0.05) is 15.8 Å². The van der Waals surface area contributed by atoms with E-state index in [1.807, 2.05) is 0 Å². The zero-order valence-corrected chi connectivity index (χ0v) is 10.2. The molecule has 0 bridgehead atoms. The summed E-state index contributed by atoms with van der Waals surface area (Å²) < 4.78 is 13.6. The molecule has 0 amide bonds. The van der Waals surface area contributed by atoms with Crippen LogP contribution in [0.2, 0.25) is 0 Å². The minimum Gasteiger partial charge on any atom is -0.399 e. The van der Waals surface area contributed by atoms with Crippen LogP contribution in [0.4, 0.5) is 10.1 Å². The van der Waals surface area contributed by atoms with Crippen molar-refractivity contribution in [2.24, 2.45) is 0 Å². The summed E-state index contributed by atoms with van der Waals surface area (Å²) in [7, 11) is 0. The molecule has 0 spiro atoms. The summed E-state index contributed by atoms with van der Waals surface area (Å²) >= 11 is 1.68. The van der Waals surface area contributed by atoms with Crippen molar-refractivity contribution in [2.75, 3.05) is 5.73 Å². The molecule has 2 N–H and O–H groups in total. The third-order valence-electron chi connectivity index (χ3n) is 3.05. The van der Waals surface area contributed by atoms with Gasteiger partial charge in [0.2, 0.25) is 0 Å². The molecule has 1 aromatic carbocycles. The molecule has 1 aliphatic rings. The first-order valence-electron chi connectivity index (χ1n) is 5.97. The fraction of sp³-hybridized carbons (Fsp3) is 0.538. The molecule has 2 rings (SSSR count). The number of nitrogen functional groups attached to an aromatic ring is 1. The van der Waals surface area contributed by atoms with E-state index in [1.165, 1.54) is 44.6 Å². The van der Waals surface area contributed by atoms with Crippen LogP contribution in [0.15, 0.2) is 23.1 Å². The van der Waals surface area contributed by atoms with Gasteiger partial charge >= 0.3 is 0 Å². The first-order valence-corrected chi connectivity index (χ1v) is 6.85. The molecule has 3 heteroatoms. The molecule has 1 saturated carbocycles. The maximum atomic E-state index is 13.6. The Morgan fingerprint density at radius 1 is 1.12 bits per heavy atom. The smallest absolute Gasteiger partial charge is 0.138 e. The van der Waals surface area contributed by atoms with Crippen LogP contribution < -0.4 is 5.73 Å². The van der Waals surface area contributed by atoms with Gasteiger partial charge in [-0.1, -0.05) is 25.7 Å². The van der Waals surface area contributed by atoms with Crippen LogP contribution in [0.1, 0.15) is 38.5 Å². The van der Waals surface area contributed by atoms with E-state index in [9.17, 15) is 4.39 Å². The Morgan fingerprint density at radius 2 is 1.81 bits per heavy atom. The Hall–Kier alpha value is -0.700. The molecule has 16 heavy (non-hydrogen) atoms. The maximum absolute atomic E-state index is 13.6. The highest BCUT2D eigenvalue weighted by Gasteiger charge is 2.15. The third-order valence-corrected chi connectivity index (χ3v) is 4.44. The van der Waals surface area contributed by atoms with Crippen LogP contribution in [0, 0.1) is 5.82 Å². The first-order chi connectivity index (χ1) is 7.75. The van der Waals surface area contributed by atoms with Crippen molar-refractivity contribution < 1.29 is 4.39 Å². The molecule has 1 aromatic rings. The third kappa shape index (κ3) is 3.14. The molecule has 0 unspecified atom stereocenters. The number of rotatable bonds is 2. The van der Waals surface area contributed by atoms with Crippen molar-refractivity contribution in [3.63, 3.8) is 0 Å². The zero-order valence-electron chi connectivity index (χ0n) is 9.42. The number of anilines is 1. The van der Waals surface area contributed by atoms with Crippen LogP contribution in [0.25, 0.3) is 0 Å². The number of benzene rings is 1. The van der Waals surface area contributed by atoms with Crippen LogP contribution >= 0.6 is 11.8 Å². The second kappa shape index (κ2) is 5.58. The number of thioether (sulfide) groups is 1. The van der Waals surface area contributed by atoms with Gasteiger partial charge in [0.15, 0.2) is 0 Å². The average molecular weight is 239 g/mol. The van der Waals surface area contributed by atoms with E-state index in [0.29, 0.717) is 10.9 Å². The van der Waals surface area contributed by atoms with E-state index in [1.54, 1.807) is 23.9 Å². The van der Waals surface area contributed by atoms with Crippen LogP contribution in [-0.4, -0.2) is 5.25 Å². The van der Waals surface area contributed by atoms with Crippen molar-refractivity contribution in [3.05, 3.63) is 24.0 Å². The second-order valence-corrected chi connectivity index (χ2v) is 5.76. The van der Waals surface area contributed by atoms with Gasteiger partial charge < -0.3 is 5.73 Å². The van der Waals surface area contributed by atoms with E-state index < -0.39 is 0 Å². The molecule has 0 heterocycles. The number of hydrogen-bond acceptors (Lipinski definition) is 2. The summed E-state index contributed by atoms with van der Waals surface area (Å²) in [5, 5.41) is 0.584. The lowest BCUT2D eigenvalue weighted by molar-refractivity contribution is 0.601. The number of halogens is 1. The predicted octanol–water partition coefficient (Wildman–Crippen LogP) is 4.22. The van der Waals surface area contributed by atoms with Gasteiger partial charge in [0.25, 0.3) is 0 Å². The largest absolute Gasteiger partial charge is 0.399 e. The molecule has 0 aliphatic heterocycles. The van der Waals surface area contributed by atoms with Crippen molar-refractivity contribution >= 4 is 17.4 Å². The molecular formula is C13H18FNS. The van der Waals surface area contributed by atoms with Crippen LogP contribution in [0.5, 0.6) is 0 Å². The Balaban J connectivity index is 2.01. The lowest BCUT2D eigenvalue weighted by atomic mass is 10.2. The molecule has 1 fully saturated rings. The summed E-state index contributed by atoms with van der Waals surface area (Å²) in [6.45, 7) is 0. The lowest BCUT2D eigenvalue weighted by Gasteiger charge is -2.14. The summed E-state index contributed by atoms with van der Waals surface area (Å²) in [4.78, 5) is 0.751. The minimum atomic E-state index is -0.172. The van der Waals surface area contributed by atoms with Crippen molar-refractivity contribution in [1.29, 1.82) is 0 Å². The van der Waals surface area contributed by atoms with E-state index in [0.717, 1.165) is 4.90 Å². The van der Waals surface area contributed by atoms with Crippen molar-refractivity contribution in [3.8, 4) is 0 Å². The molecule has 1 aliphatic carbocycles. The molecular weight excluding hydrogens is 221 g/mol. The monoisotopic (exact) mass is 239 g/mol. The van der Waals surface area contributed by atoms with Gasteiger partial charge in [0.1, 0.15) is 5.82 Å². The molecule has 0 radical (unpaired) electrons. The lowest BCUT2D eigenvalue weighted by Crippen LogP contribution is -2.01. The van der Waals surface area contributed by atoms with Gasteiger partial charge in [-0.3, -0.25) is 0 Å². The SMILES string of the molecule is Nc1ccc(SC2CCCCCC2)c(F)c1. The first kappa shape index (κ1) is 11.8. The van der Waals surface area contributed by atoms with Gasteiger partial charge in [-0.25, -0.2) is 4.39 Å². The average Bonchev–Trinajstić information content (AvgIpc) is 2.51. The highest BCUT2D eigenvalue weighted by atomic mass is 32.2. The van der Waals surface area contributed by atoms with E-state index in [-0.39, 0.29) is 5.82 Å². The fourth-order valence-corrected chi connectivity index (χ4v) is 3.40. The summed E-state index contributed by atoms with van der Waals surface area (Å²) in [5.41, 5.74) is 6.04. The van der Waals surface area contributed by atoms with Gasteiger partial charge in [0.05, 0.1) is 0 Å². The second-order valence-electron chi connectivity index (χ2n) is 4.42. The zero-order chi connectivity index (χ0) is 11.4. The van der Waals surface area contributed by atoms with Crippen LogP contribution in [-0.2, 0) is 0 Å². The highest BCUT2D eigenvalue weighted by molar-refractivity contribution is 8.00. The molecule has 0 saturated heterocycles. The van der Waals surface area contributed by atoms with Crippen molar-refractivity contribution in [1.82, 2.24) is 0 Å². The molecule has 0 atom stereocenters. The Labute approximate surface area is 101 Å². The predicted molar refractivity (Wildman–Crippen MR) is 68.2 cm³/mol. The Kier molecular flexibility index (Phi) is 4.10. The van der Waals surface area contributed by atoms with Crippen LogP contribution in [0.3, 0.4) is 0 Å². The number of hydrogen-bond donors (Lipinski definition) is 1. The van der Waals surface area contributed by atoms with E-state index in [4.69, 9.17) is 5.73 Å². The fourth-order valence-electron chi connectivity index (χ4n) is 2.15.